The Kier molecular flexibility index (Phi) is 9.83. The lowest BCUT2D eigenvalue weighted by molar-refractivity contribution is -0.141. The van der Waals surface area contributed by atoms with Crippen LogP contribution in [0.1, 0.15) is 14.9 Å². The third-order valence-corrected chi connectivity index (χ3v) is 2.99. The summed E-state index contributed by atoms with van der Waals surface area (Å²) in [5.74, 6) is 0.0834. The van der Waals surface area contributed by atoms with Crippen molar-refractivity contribution in [1.82, 2.24) is 0 Å². The van der Waals surface area contributed by atoms with E-state index in [1.54, 1.807) is 0 Å². The molecule has 0 aliphatic carbocycles. The first-order valence-electron chi connectivity index (χ1n) is 6.94. The van der Waals surface area contributed by atoms with E-state index in [1.165, 1.54) is 0 Å². The number of rotatable bonds is 7. The standard InChI is InChI=1S/C18H18O4.2CH4/c1-2-18(20)22-13-16(19)12-21-17-10-8-15(9-11-17)14-6-4-3-5-7-14;;/h2-11,16,19H,1,12-13H2;2*1H4. The Morgan fingerprint density at radius 2 is 1.58 bits per heavy atom. The topological polar surface area (TPSA) is 55.8 Å². The van der Waals surface area contributed by atoms with Gasteiger partial charge in [-0.1, -0.05) is 63.9 Å². The second kappa shape index (κ2) is 11.0. The maximum Gasteiger partial charge on any atom is 0.330 e. The lowest BCUT2D eigenvalue weighted by Crippen LogP contribution is -2.24. The van der Waals surface area contributed by atoms with Crippen molar-refractivity contribution in [2.24, 2.45) is 0 Å². The molecule has 0 bridgehead atoms. The highest BCUT2D eigenvalue weighted by molar-refractivity contribution is 5.81. The van der Waals surface area contributed by atoms with Crippen molar-refractivity contribution in [3.63, 3.8) is 0 Å². The minimum absolute atomic E-state index is 0. The Labute approximate surface area is 144 Å². The van der Waals surface area contributed by atoms with Gasteiger partial charge in [-0.3, -0.25) is 0 Å². The Morgan fingerprint density at radius 3 is 2.17 bits per heavy atom. The van der Waals surface area contributed by atoms with Crippen LogP contribution in [0.15, 0.2) is 67.3 Å². The van der Waals surface area contributed by atoms with Gasteiger partial charge in [0.15, 0.2) is 0 Å². The van der Waals surface area contributed by atoms with E-state index < -0.39 is 12.1 Å². The summed E-state index contributed by atoms with van der Waals surface area (Å²) in [6, 6.07) is 17.6. The number of hydrogen-bond donors (Lipinski definition) is 1. The van der Waals surface area contributed by atoms with Gasteiger partial charge >= 0.3 is 5.97 Å². The molecule has 0 aliphatic rings. The van der Waals surface area contributed by atoms with E-state index in [4.69, 9.17) is 9.47 Å². The number of ether oxygens (including phenoxy) is 2. The van der Waals surface area contributed by atoms with Gasteiger partial charge in [0.05, 0.1) is 0 Å². The van der Waals surface area contributed by atoms with Gasteiger partial charge < -0.3 is 14.6 Å². The first-order chi connectivity index (χ1) is 10.7. The average Bonchev–Trinajstić information content (AvgIpc) is 2.59. The van der Waals surface area contributed by atoms with E-state index in [9.17, 15) is 9.90 Å². The molecule has 4 heteroatoms. The van der Waals surface area contributed by atoms with E-state index in [0.717, 1.165) is 17.2 Å². The van der Waals surface area contributed by atoms with Crippen molar-refractivity contribution in [2.75, 3.05) is 13.2 Å². The van der Waals surface area contributed by atoms with Crippen molar-refractivity contribution >= 4 is 5.97 Å². The third-order valence-electron chi connectivity index (χ3n) is 2.99. The van der Waals surface area contributed by atoms with Gasteiger partial charge in [-0.2, -0.15) is 0 Å². The molecule has 1 N–H and O–H groups in total. The molecule has 0 radical (unpaired) electrons. The number of aliphatic hydroxyl groups excluding tert-OH is 1. The molecule has 0 amide bonds. The summed E-state index contributed by atoms with van der Waals surface area (Å²) in [5, 5.41) is 9.65. The van der Waals surface area contributed by atoms with E-state index in [2.05, 4.69) is 6.58 Å². The van der Waals surface area contributed by atoms with Gasteiger partial charge in [0, 0.05) is 6.08 Å². The van der Waals surface area contributed by atoms with E-state index in [0.29, 0.717) is 5.75 Å². The van der Waals surface area contributed by atoms with Crippen LogP contribution < -0.4 is 4.74 Å². The van der Waals surface area contributed by atoms with Gasteiger partial charge in [0.2, 0.25) is 0 Å². The Morgan fingerprint density at radius 1 is 1.00 bits per heavy atom. The predicted octanol–water partition coefficient (Wildman–Crippen LogP) is 4.09. The number of aliphatic hydroxyl groups is 1. The molecule has 2 aromatic rings. The van der Waals surface area contributed by atoms with E-state index in [1.807, 2.05) is 54.6 Å². The molecule has 2 rings (SSSR count). The number of benzene rings is 2. The Balaban J connectivity index is 0.00000264. The Hall–Kier alpha value is -2.59. The van der Waals surface area contributed by atoms with Crippen LogP contribution in [0.3, 0.4) is 0 Å². The van der Waals surface area contributed by atoms with Crippen LogP contribution in [-0.4, -0.2) is 30.4 Å². The van der Waals surface area contributed by atoms with Crippen molar-refractivity contribution < 1.29 is 19.4 Å². The summed E-state index contributed by atoms with van der Waals surface area (Å²) in [5.41, 5.74) is 2.22. The zero-order valence-corrected chi connectivity index (χ0v) is 12.1. The fraction of sp³-hybridized carbons (Fsp3) is 0.250. The number of carbonyl (C=O) groups excluding carboxylic acids is 1. The maximum absolute atomic E-state index is 10.9. The second-order valence-corrected chi connectivity index (χ2v) is 4.69. The predicted molar refractivity (Wildman–Crippen MR) is 98.0 cm³/mol. The Bertz CT molecular complexity index is 605. The minimum atomic E-state index is -0.877. The van der Waals surface area contributed by atoms with E-state index in [-0.39, 0.29) is 28.1 Å². The van der Waals surface area contributed by atoms with Crippen molar-refractivity contribution in [1.29, 1.82) is 0 Å². The first-order valence-corrected chi connectivity index (χ1v) is 6.94. The zero-order valence-electron chi connectivity index (χ0n) is 12.1. The molecule has 0 aliphatic heterocycles. The molecule has 0 aromatic heterocycles. The highest BCUT2D eigenvalue weighted by Gasteiger charge is 2.08. The molecule has 0 fully saturated rings. The van der Waals surface area contributed by atoms with Crippen molar-refractivity contribution in [2.45, 2.75) is 21.0 Å². The number of hydrogen-bond acceptors (Lipinski definition) is 4. The number of esters is 1. The van der Waals surface area contributed by atoms with Crippen molar-refractivity contribution in [3.8, 4) is 16.9 Å². The summed E-state index contributed by atoms with van der Waals surface area (Å²) in [7, 11) is 0. The fourth-order valence-electron chi connectivity index (χ4n) is 1.85. The lowest BCUT2D eigenvalue weighted by Gasteiger charge is -2.12. The van der Waals surface area contributed by atoms with Gasteiger partial charge in [-0.25, -0.2) is 4.79 Å². The molecular formula is C20H26O4. The smallest absolute Gasteiger partial charge is 0.330 e. The van der Waals surface area contributed by atoms with Gasteiger partial charge in [-0.05, 0) is 23.3 Å². The lowest BCUT2D eigenvalue weighted by atomic mass is 10.1. The van der Waals surface area contributed by atoms with Crippen LogP contribution in [0.2, 0.25) is 0 Å². The summed E-state index contributed by atoms with van der Waals surface area (Å²) in [4.78, 5) is 10.9. The molecule has 0 saturated heterocycles. The van der Waals surface area contributed by atoms with Gasteiger partial charge in [-0.15, -0.1) is 0 Å². The molecule has 4 nitrogen and oxygen atoms in total. The second-order valence-electron chi connectivity index (χ2n) is 4.69. The average molecular weight is 330 g/mol. The molecule has 0 heterocycles. The largest absolute Gasteiger partial charge is 0.491 e. The molecule has 2 aromatic carbocycles. The summed E-state index contributed by atoms with van der Waals surface area (Å²) in [6.07, 6.45) is 0.174. The van der Waals surface area contributed by atoms with E-state index >= 15 is 0 Å². The molecule has 0 spiro atoms. The van der Waals surface area contributed by atoms with Crippen LogP contribution in [-0.2, 0) is 9.53 Å². The molecule has 0 saturated carbocycles. The molecule has 1 unspecified atom stereocenters. The molecule has 130 valence electrons. The summed E-state index contributed by atoms with van der Waals surface area (Å²) >= 11 is 0. The highest BCUT2D eigenvalue weighted by Crippen LogP contribution is 2.22. The van der Waals surface area contributed by atoms with Crippen LogP contribution in [0, 0.1) is 0 Å². The quantitative estimate of drug-likeness (QED) is 0.613. The number of carbonyl (C=O) groups is 1. The SMILES string of the molecule is C.C.C=CC(=O)OCC(O)COc1ccc(-c2ccccc2)cc1. The third kappa shape index (κ3) is 6.67. The molecule has 24 heavy (non-hydrogen) atoms. The fourth-order valence-corrected chi connectivity index (χ4v) is 1.85. The normalized spacial score (nSPS) is 10.5. The van der Waals surface area contributed by atoms with Crippen LogP contribution >= 0.6 is 0 Å². The van der Waals surface area contributed by atoms with Crippen LogP contribution in [0.5, 0.6) is 5.75 Å². The highest BCUT2D eigenvalue weighted by atomic mass is 16.5. The minimum Gasteiger partial charge on any atom is -0.491 e. The monoisotopic (exact) mass is 330 g/mol. The van der Waals surface area contributed by atoms with Crippen molar-refractivity contribution in [3.05, 3.63) is 67.3 Å². The summed E-state index contributed by atoms with van der Waals surface area (Å²) in [6.45, 7) is 3.21. The van der Waals surface area contributed by atoms with Crippen LogP contribution in [0.25, 0.3) is 11.1 Å². The van der Waals surface area contributed by atoms with Crippen LogP contribution in [0.4, 0.5) is 0 Å². The zero-order chi connectivity index (χ0) is 15.8. The maximum atomic E-state index is 10.9. The van der Waals surface area contributed by atoms with Gasteiger partial charge in [0.25, 0.3) is 0 Å². The first kappa shape index (κ1) is 21.4. The van der Waals surface area contributed by atoms with Gasteiger partial charge in [0.1, 0.15) is 25.1 Å². The molecular weight excluding hydrogens is 304 g/mol. The summed E-state index contributed by atoms with van der Waals surface area (Å²) < 4.78 is 10.2. The molecule has 1 atom stereocenters.